The van der Waals surface area contributed by atoms with E-state index in [1.807, 2.05) is 30.5 Å². The first-order chi connectivity index (χ1) is 10.2. The predicted molar refractivity (Wildman–Crippen MR) is 90.0 cm³/mol. The highest BCUT2D eigenvalue weighted by atomic mass is 35.5. The average Bonchev–Trinajstić information content (AvgIpc) is 2.99. The van der Waals surface area contributed by atoms with Crippen molar-refractivity contribution in [2.75, 3.05) is 5.75 Å². The van der Waals surface area contributed by atoms with Crippen molar-refractivity contribution in [2.45, 2.75) is 25.8 Å². The van der Waals surface area contributed by atoms with E-state index in [-0.39, 0.29) is 0 Å². The van der Waals surface area contributed by atoms with Crippen LogP contribution < -0.4 is 5.32 Å². The van der Waals surface area contributed by atoms with Crippen LogP contribution in [0.15, 0.2) is 36.8 Å². The molecule has 6 heteroatoms. The summed E-state index contributed by atoms with van der Waals surface area (Å²) in [5, 5.41) is 12.2. The first-order valence-electron chi connectivity index (χ1n) is 6.91. The van der Waals surface area contributed by atoms with E-state index in [0.29, 0.717) is 11.7 Å². The fourth-order valence-corrected chi connectivity index (χ4v) is 2.70. The van der Waals surface area contributed by atoms with Crippen LogP contribution in [-0.4, -0.2) is 20.9 Å². The number of aromatic nitrogens is 2. The van der Waals surface area contributed by atoms with Crippen LogP contribution in [0.1, 0.15) is 24.1 Å². The van der Waals surface area contributed by atoms with Gasteiger partial charge in [0.25, 0.3) is 0 Å². The van der Waals surface area contributed by atoms with Crippen LogP contribution in [0.2, 0.25) is 5.02 Å². The van der Waals surface area contributed by atoms with Gasteiger partial charge in [0, 0.05) is 23.5 Å². The first kappa shape index (κ1) is 15.9. The lowest BCUT2D eigenvalue weighted by Crippen LogP contribution is -2.19. The maximum atomic E-state index is 7.86. The summed E-state index contributed by atoms with van der Waals surface area (Å²) in [5.74, 6) is 0.955. The van der Waals surface area contributed by atoms with E-state index in [4.69, 9.17) is 17.0 Å². The highest BCUT2D eigenvalue weighted by Gasteiger charge is 2.00. The molecule has 0 saturated carbocycles. The fraction of sp³-hybridized carbons (Fsp3) is 0.333. The number of benzene rings is 1. The van der Waals surface area contributed by atoms with Crippen molar-refractivity contribution in [3.63, 3.8) is 0 Å². The summed E-state index contributed by atoms with van der Waals surface area (Å²) in [4.78, 5) is 7.15. The van der Waals surface area contributed by atoms with Crippen molar-refractivity contribution in [2.24, 2.45) is 0 Å². The highest BCUT2D eigenvalue weighted by Crippen LogP contribution is 2.11. The molecular formula is C15H19ClN4S. The number of aromatic amines is 1. The minimum atomic E-state index is 0.518. The van der Waals surface area contributed by atoms with Crippen LogP contribution in [0.25, 0.3) is 0 Å². The van der Waals surface area contributed by atoms with E-state index in [9.17, 15) is 0 Å². The number of amidine groups is 1. The Bertz CT molecular complexity index is 539. The van der Waals surface area contributed by atoms with E-state index >= 15 is 0 Å². The van der Waals surface area contributed by atoms with Crippen molar-refractivity contribution in [3.8, 4) is 0 Å². The number of rotatable bonds is 7. The van der Waals surface area contributed by atoms with Crippen LogP contribution in [0, 0.1) is 5.41 Å². The Hall–Kier alpha value is -1.46. The third-order valence-corrected chi connectivity index (χ3v) is 4.17. The second-order valence-electron chi connectivity index (χ2n) is 4.68. The number of H-pyrrole nitrogens is 1. The molecule has 2 aromatic rings. The minimum absolute atomic E-state index is 0.518. The van der Waals surface area contributed by atoms with Gasteiger partial charge >= 0.3 is 0 Å². The van der Waals surface area contributed by atoms with Gasteiger partial charge in [-0.2, -0.15) is 0 Å². The van der Waals surface area contributed by atoms with Crippen LogP contribution in [-0.2, 0) is 13.0 Å². The number of aryl methyl sites for hydroxylation is 1. The highest BCUT2D eigenvalue weighted by molar-refractivity contribution is 8.13. The first-order valence-corrected chi connectivity index (χ1v) is 8.28. The van der Waals surface area contributed by atoms with Gasteiger partial charge in [0.2, 0.25) is 0 Å². The molecule has 0 radical (unpaired) electrons. The number of hydrogen-bond donors (Lipinski definition) is 3. The monoisotopic (exact) mass is 322 g/mol. The Morgan fingerprint density at radius 2 is 2.10 bits per heavy atom. The molecule has 21 heavy (non-hydrogen) atoms. The van der Waals surface area contributed by atoms with Crippen molar-refractivity contribution >= 4 is 28.5 Å². The van der Waals surface area contributed by atoms with Gasteiger partial charge in [-0.3, -0.25) is 5.41 Å². The molecule has 1 aromatic carbocycles. The molecule has 0 aliphatic heterocycles. The number of halogens is 1. The Kier molecular flexibility index (Phi) is 6.63. The molecular weight excluding hydrogens is 304 g/mol. The summed E-state index contributed by atoms with van der Waals surface area (Å²) in [7, 11) is 0. The van der Waals surface area contributed by atoms with Gasteiger partial charge in [0.1, 0.15) is 0 Å². The molecule has 0 unspecified atom stereocenters. The Labute approximate surface area is 134 Å². The number of unbranched alkanes of at least 4 members (excludes halogenated alkanes) is 1. The van der Waals surface area contributed by atoms with Crippen molar-refractivity contribution in [1.29, 1.82) is 5.41 Å². The zero-order chi connectivity index (χ0) is 14.9. The number of nitrogens with zero attached hydrogens (tertiary/aromatic N) is 1. The molecule has 0 spiro atoms. The van der Waals surface area contributed by atoms with Crippen LogP contribution in [0.4, 0.5) is 0 Å². The predicted octanol–water partition coefficient (Wildman–Crippen LogP) is 3.84. The molecule has 1 aromatic heterocycles. The van der Waals surface area contributed by atoms with E-state index in [1.165, 1.54) is 0 Å². The molecule has 1 heterocycles. The molecule has 0 bridgehead atoms. The normalized spacial score (nSPS) is 10.5. The third kappa shape index (κ3) is 6.23. The van der Waals surface area contributed by atoms with Gasteiger partial charge in [0.15, 0.2) is 5.17 Å². The lowest BCUT2D eigenvalue weighted by Gasteiger charge is -2.07. The fourth-order valence-electron chi connectivity index (χ4n) is 1.85. The van der Waals surface area contributed by atoms with Gasteiger partial charge in [0.05, 0.1) is 12.0 Å². The number of thioether (sulfide) groups is 1. The average molecular weight is 323 g/mol. The second-order valence-corrected chi connectivity index (χ2v) is 6.22. The maximum Gasteiger partial charge on any atom is 0.153 e. The van der Waals surface area contributed by atoms with Crippen LogP contribution in [0.5, 0.6) is 0 Å². The quantitative estimate of drug-likeness (QED) is 0.412. The molecule has 2 rings (SSSR count). The van der Waals surface area contributed by atoms with E-state index < -0.39 is 0 Å². The number of hydrogen-bond acceptors (Lipinski definition) is 3. The van der Waals surface area contributed by atoms with E-state index in [2.05, 4.69) is 15.3 Å². The van der Waals surface area contributed by atoms with E-state index in [0.717, 1.165) is 41.3 Å². The van der Waals surface area contributed by atoms with E-state index in [1.54, 1.807) is 18.1 Å². The molecule has 112 valence electrons. The minimum Gasteiger partial charge on any atom is -0.361 e. The molecule has 0 fully saturated rings. The Morgan fingerprint density at radius 3 is 2.81 bits per heavy atom. The van der Waals surface area contributed by atoms with Gasteiger partial charge < -0.3 is 10.3 Å². The molecule has 0 amide bonds. The molecule has 0 aliphatic rings. The SMILES string of the molecule is N=C(NCc1ccc(Cl)cc1)SCCCCc1c[nH]cn1. The molecule has 0 saturated heterocycles. The Balaban J connectivity index is 1.54. The van der Waals surface area contributed by atoms with Gasteiger partial charge in [-0.05, 0) is 37.0 Å². The topological polar surface area (TPSA) is 64.6 Å². The van der Waals surface area contributed by atoms with Gasteiger partial charge in [-0.15, -0.1) is 0 Å². The molecule has 0 atom stereocenters. The lowest BCUT2D eigenvalue weighted by atomic mass is 10.2. The zero-order valence-corrected chi connectivity index (χ0v) is 13.3. The van der Waals surface area contributed by atoms with Crippen molar-refractivity contribution in [1.82, 2.24) is 15.3 Å². The smallest absolute Gasteiger partial charge is 0.153 e. The maximum absolute atomic E-state index is 7.86. The molecule has 3 N–H and O–H groups in total. The summed E-state index contributed by atoms with van der Waals surface area (Å²) in [6, 6.07) is 7.67. The summed E-state index contributed by atoms with van der Waals surface area (Å²) in [5.41, 5.74) is 2.24. The molecule has 0 aliphatic carbocycles. The van der Waals surface area contributed by atoms with Gasteiger partial charge in [-0.1, -0.05) is 35.5 Å². The Morgan fingerprint density at radius 1 is 1.29 bits per heavy atom. The van der Waals surface area contributed by atoms with Crippen LogP contribution >= 0.6 is 23.4 Å². The number of imidazole rings is 1. The second kappa shape index (κ2) is 8.74. The third-order valence-electron chi connectivity index (χ3n) is 2.99. The van der Waals surface area contributed by atoms with Crippen molar-refractivity contribution < 1.29 is 0 Å². The van der Waals surface area contributed by atoms with Crippen molar-refractivity contribution in [3.05, 3.63) is 53.1 Å². The summed E-state index contributed by atoms with van der Waals surface area (Å²) in [6.45, 7) is 0.663. The number of nitrogens with one attached hydrogen (secondary N) is 3. The molecule has 4 nitrogen and oxygen atoms in total. The largest absolute Gasteiger partial charge is 0.361 e. The standard InChI is InChI=1S/C15H19ClN4S/c16-13-6-4-12(5-7-13)9-19-15(17)21-8-2-1-3-14-10-18-11-20-14/h4-7,10-11H,1-3,8-9H2,(H2,17,19)(H,18,20). The van der Waals surface area contributed by atoms with Crippen LogP contribution in [0.3, 0.4) is 0 Å². The van der Waals surface area contributed by atoms with Gasteiger partial charge in [-0.25, -0.2) is 4.98 Å². The summed E-state index contributed by atoms with van der Waals surface area (Å²) >= 11 is 7.39. The summed E-state index contributed by atoms with van der Waals surface area (Å²) in [6.07, 6.45) is 6.82. The zero-order valence-electron chi connectivity index (χ0n) is 11.7. The summed E-state index contributed by atoms with van der Waals surface area (Å²) < 4.78 is 0. The lowest BCUT2D eigenvalue weighted by molar-refractivity contribution is 0.788.